The number of rotatable bonds is 5. The molecule has 3 nitrogen and oxygen atoms in total. The van der Waals surface area contributed by atoms with Gasteiger partial charge in [0.05, 0.1) is 12.8 Å². The number of hydrogen-bond acceptors (Lipinski definition) is 3. The third-order valence-electron chi connectivity index (χ3n) is 2.62. The molecule has 1 atom stereocenters. The standard InChI is InChI=1S/C12H18F2N2O/c1-8(6-15)7-16(2)11-4-10(14)12(17-3)5-9(11)13/h4-5,8H,6-7,15H2,1-3H3. The van der Waals surface area contributed by atoms with Gasteiger partial charge in [0.1, 0.15) is 5.82 Å². The summed E-state index contributed by atoms with van der Waals surface area (Å²) in [5.74, 6) is -0.956. The molecule has 2 N–H and O–H groups in total. The summed E-state index contributed by atoms with van der Waals surface area (Å²) in [7, 11) is 3.01. The van der Waals surface area contributed by atoms with Crippen molar-refractivity contribution >= 4 is 5.69 Å². The fourth-order valence-corrected chi connectivity index (χ4v) is 1.61. The van der Waals surface area contributed by atoms with Crippen molar-refractivity contribution in [2.45, 2.75) is 6.92 Å². The van der Waals surface area contributed by atoms with Gasteiger partial charge in [-0.2, -0.15) is 0 Å². The first-order valence-corrected chi connectivity index (χ1v) is 5.43. The third-order valence-corrected chi connectivity index (χ3v) is 2.62. The Morgan fingerprint density at radius 2 is 2.00 bits per heavy atom. The van der Waals surface area contributed by atoms with E-state index >= 15 is 0 Å². The summed E-state index contributed by atoms with van der Waals surface area (Å²) in [5, 5.41) is 0. The van der Waals surface area contributed by atoms with Crippen LogP contribution in [0.4, 0.5) is 14.5 Å². The van der Waals surface area contributed by atoms with E-state index in [-0.39, 0.29) is 17.4 Å². The molecule has 0 heterocycles. The second-order valence-electron chi connectivity index (χ2n) is 4.16. The lowest BCUT2D eigenvalue weighted by Gasteiger charge is -2.23. The Morgan fingerprint density at radius 3 is 2.53 bits per heavy atom. The zero-order valence-electron chi connectivity index (χ0n) is 10.3. The molecule has 1 aromatic carbocycles. The van der Waals surface area contributed by atoms with E-state index in [4.69, 9.17) is 10.5 Å². The van der Waals surface area contributed by atoms with E-state index in [2.05, 4.69) is 0 Å². The first kappa shape index (κ1) is 13.7. The quantitative estimate of drug-likeness (QED) is 0.861. The van der Waals surface area contributed by atoms with E-state index in [1.165, 1.54) is 7.11 Å². The molecule has 1 rings (SSSR count). The van der Waals surface area contributed by atoms with Gasteiger partial charge >= 0.3 is 0 Å². The van der Waals surface area contributed by atoms with Crippen LogP contribution < -0.4 is 15.4 Å². The number of hydrogen-bond donors (Lipinski definition) is 1. The molecule has 0 aliphatic rings. The molecule has 1 aromatic rings. The van der Waals surface area contributed by atoms with Crippen molar-refractivity contribution in [3.63, 3.8) is 0 Å². The monoisotopic (exact) mass is 244 g/mol. The van der Waals surface area contributed by atoms with Gasteiger partial charge in [-0.05, 0) is 12.5 Å². The summed E-state index contributed by atoms with van der Waals surface area (Å²) >= 11 is 0. The van der Waals surface area contributed by atoms with Crippen LogP contribution in [0.3, 0.4) is 0 Å². The fraction of sp³-hybridized carbons (Fsp3) is 0.500. The van der Waals surface area contributed by atoms with Gasteiger partial charge in [0.15, 0.2) is 11.6 Å². The maximum atomic E-state index is 13.7. The van der Waals surface area contributed by atoms with Crippen molar-refractivity contribution in [1.82, 2.24) is 0 Å². The van der Waals surface area contributed by atoms with Gasteiger partial charge in [0.2, 0.25) is 0 Å². The predicted octanol–water partition coefficient (Wildman–Crippen LogP) is 2.00. The number of nitrogens with two attached hydrogens (primary N) is 1. The van der Waals surface area contributed by atoms with Crippen LogP contribution in [0.2, 0.25) is 0 Å². The van der Waals surface area contributed by atoms with E-state index in [1.54, 1.807) is 11.9 Å². The molecular weight excluding hydrogens is 226 g/mol. The smallest absolute Gasteiger partial charge is 0.167 e. The number of benzene rings is 1. The molecule has 0 spiro atoms. The van der Waals surface area contributed by atoms with Gasteiger partial charge in [0, 0.05) is 25.7 Å². The number of anilines is 1. The zero-order chi connectivity index (χ0) is 13.0. The molecule has 0 saturated carbocycles. The maximum absolute atomic E-state index is 13.7. The molecule has 5 heteroatoms. The van der Waals surface area contributed by atoms with Gasteiger partial charge in [-0.15, -0.1) is 0 Å². The minimum atomic E-state index is -0.573. The normalized spacial score (nSPS) is 12.4. The van der Waals surface area contributed by atoms with Gasteiger partial charge in [-0.3, -0.25) is 0 Å². The van der Waals surface area contributed by atoms with Crippen LogP contribution >= 0.6 is 0 Å². The van der Waals surface area contributed by atoms with Crippen molar-refractivity contribution in [2.75, 3.05) is 32.1 Å². The predicted molar refractivity (Wildman–Crippen MR) is 64.4 cm³/mol. The molecule has 0 radical (unpaired) electrons. The minimum absolute atomic E-state index is 0.0912. The second-order valence-corrected chi connectivity index (χ2v) is 4.16. The topological polar surface area (TPSA) is 38.5 Å². The van der Waals surface area contributed by atoms with E-state index in [0.717, 1.165) is 12.1 Å². The molecule has 17 heavy (non-hydrogen) atoms. The van der Waals surface area contributed by atoms with Gasteiger partial charge in [-0.1, -0.05) is 6.92 Å². The summed E-state index contributed by atoms with van der Waals surface area (Å²) in [6.45, 7) is 3.03. The fourth-order valence-electron chi connectivity index (χ4n) is 1.61. The SMILES string of the molecule is COc1cc(F)c(N(C)CC(C)CN)cc1F. The van der Waals surface area contributed by atoms with E-state index in [0.29, 0.717) is 13.1 Å². The first-order valence-electron chi connectivity index (χ1n) is 5.43. The van der Waals surface area contributed by atoms with Gasteiger partial charge < -0.3 is 15.4 Å². The summed E-state index contributed by atoms with van der Waals surface area (Å²) in [4.78, 5) is 1.65. The lowest BCUT2D eigenvalue weighted by atomic mass is 10.1. The Hall–Kier alpha value is -1.36. The molecule has 0 fully saturated rings. The van der Waals surface area contributed by atoms with Crippen molar-refractivity contribution < 1.29 is 13.5 Å². The molecule has 0 saturated heterocycles. The Morgan fingerprint density at radius 1 is 1.35 bits per heavy atom. The van der Waals surface area contributed by atoms with Crippen molar-refractivity contribution in [3.05, 3.63) is 23.8 Å². The van der Waals surface area contributed by atoms with Crippen LogP contribution in [0, 0.1) is 17.6 Å². The first-order chi connectivity index (χ1) is 7.99. The molecule has 0 bridgehead atoms. The van der Waals surface area contributed by atoms with Crippen LogP contribution in [-0.2, 0) is 0 Å². The zero-order valence-corrected chi connectivity index (χ0v) is 10.3. The molecule has 0 amide bonds. The van der Waals surface area contributed by atoms with Crippen LogP contribution in [0.5, 0.6) is 5.75 Å². The van der Waals surface area contributed by atoms with Crippen molar-refractivity contribution in [1.29, 1.82) is 0 Å². The average molecular weight is 244 g/mol. The molecule has 0 aromatic heterocycles. The van der Waals surface area contributed by atoms with Gasteiger partial charge in [-0.25, -0.2) is 8.78 Å². The molecule has 0 aliphatic carbocycles. The van der Waals surface area contributed by atoms with E-state index < -0.39 is 11.6 Å². The average Bonchev–Trinajstić information content (AvgIpc) is 2.31. The summed E-state index contributed by atoms with van der Waals surface area (Å²) < 4.78 is 31.9. The largest absolute Gasteiger partial charge is 0.494 e. The summed E-state index contributed by atoms with van der Waals surface area (Å²) in [5.41, 5.74) is 5.71. The highest BCUT2D eigenvalue weighted by molar-refractivity contribution is 5.50. The minimum Gasteiger partial charge on any atom is -0.494 e. The molecule has 0 aliphatic heterocycles. The van der Waals surface area contributed by atoms with Crippen molar-refractivity contribution in [3.8, 4) is 5.75 Å². The molecule has 96 valence electrons. The summed E-state index contributed by atoms with van der Waals surface area (Å²) in [6, 6.07) is 2.19. The number of ether oxygens (including phenoxy) is 1. The summed E-state index contributed by atoms with van der Waals surface area (Å²) in [6.07, 6.45) is 0. The van der Waals surface area contributed by atoms with E-state index in [9.17, 15) is 8.78 Å². The lowest BCUT2D eigenvalue weighted by molar-refractivity contribution is 0.382. The molecular formula is C12H18F2N2O. The highest BCUT2D eigenvalue weighted by atomic mass is 19.1. The second kappa shape index (κ2) is 5.82. The Balaban J connectivity index is 2.94. The Labute approximate surface area is 100 Å². The lowest BCUT2D eigenvalue weighted by Crippen LogP contribution is -2.28. The molecule has 1 unspecified atom stereocenters. The van der Waals surface area contributed by atoms with Crippen LogP contribution in [-0.4, -0.2) is 27.2 Å². The van der Waals surface area contributed by atoms with Crippen LogP contribution in [0.15, 0.2) is 12.1 Å². The number of halogens is 2. The highest BCUT2D eigenvalue weighted by Crippen LogP contribution is 2.27. The van der Waals surface area contributed by atoms with Gasteiger partial charge in [0.25, 0.3) is 0 Å². The third kappa shape index (κ3) is 3.30. The van der Waals surface area contributed by atoms with Crippen molar-refractivity contribution in [2.24, 2.45) is 11.7 Å². The maximum Gasteiger partial charge on any atom is 0.167 e. The van der Waals surface area contributed by atoms with Crippen LogP contribution in [0.1, 0.15) is 6.92 Å². The highest BCUT2D eigenvalue weighted by Gasteiger charge is 2.14. The van der Waals surface area contributed by atoms with Crippen LogP contribution in [0.25, 0.3) is 0 Å². The Kier molecular flexibility index (Phi) is 4.69. The van der Waals surface area contributed by atoms with E-state index in [1.807, 2.05) is 6.92 Å². The number of nitrogens with zero attached hydrogens (tertiary/aromatic N) is 1. The number of methoxy groups -OCH3 is 1. The Bertz CT molecular complexity index is 385.